The van der Waals surface area contributed by atoms with Crippen LogP contribution in [0.15, 0.2) is 54.6 Å². The fourth-order valence-electron chi connectivity index (χ4n) is 4.83. The molecule has 0 aromatic heterocycles. The van der Waals surface area contributed by atoms with Crippen molar-refractivity contribution in [1.82, 2.24) is 0 Å². The van der Waals surface area contributed by atoms with E-state index in [1.807, 2.05) is 6.92 Å². The first-order valence-electron chi connectivity index (χ1n) is 13.2. The maximum Gasteiger partial charge on any atom is 0.167 e. The van der Waals surface area contributed by atoms with E-state index in [1.54, 1.807) is 48.5 Å². The van der Waals surface area contributed by atoms with Crippen LogP contribution in [0.4, 0.5) is 13.2 Å². The Labute approximate surface area is 217 Å². The van der Waals surface area contributed by atoms with Gasteiger partial charge < -0.3 is 14.2 Å². The van der Waals surface area contributed by atoms with E-state index in [0.29, 0.717) is 35.8 Å². The molecule has 0 spiro atoms. The van der Waals surface area contributed by atoms with Gasteiger partial charge >= 0.3 is 0 Å². The fourth-order valence-corrected chi connectivity index (χ4v) is 4.83. The quantitative estimate of drug-likeness (QED) is 0.241. The Kier molecular flexibility index (Phi) is 9.51. The van der Waals surface area contributed by atoms with Crippen LogP contribution >= 0.6 is 0 Å². The lowest BCUT2D eigenvalue weighted by Gasteiger charge is -2.29. The largest absolute Gasteiger partial charge is 0.494 e. The Morgan fingerprint density at radius 1 is 0.784 bits per heavy atom. The molecular formula is C31H35F3O3. The van der Waals surface area contributed by atoms with Gasteiger partial charge in [-0.1, -0.05) is 43.7 Å². The smallest absolute Gasteiger partial charge is 0.167 e. The van der Waals surface area contributed by atoms with Crippen LogP contribution in [0.3, 0.4) is 0 Å². The Balaban J connectivity index is 1.31. The third-order valence-electron chi connectivity index (χ3n) is 6.97. The molecule has 6 heteroatoms. The molecule has 0 amide bonds. The van der Waals surface area contributed by atoms with Crippen molar-refractivity contribution in [1.29, 1.82) is 0 Å². The lowest BCUT2D eigenvalue weighted by Crippen LogP contribution is -2.21. The predicted molar refractivity (Wildman–Crippen MR) is 140 cm³/mol. The number of rotatable bonds is 11. The van der Waals surface area contributed by atoms with Gasteiger partial charge in [-0.15, -0.1) is 0 Å². The summed E-state index contributed by atoms with van der Waals surface area (Å²) in [5.41, 5.74) is 1.69. The van der Waals surface area contributed by atoms with Gasteiger partial charge in [-0.3, -0.25) is 0 Å². The molecule has 0 N–H and O–H groups in total. The maximum atomic E-state index is 14.9. The molecule has 198 valence electrons. The summed E-state index contributed by atoms with van der Waals surface area (Å²) in [6.45, 7) is 5.09. The second-order valence-corrected chi connectivity index (χ2v) is 9.53. The number of hydrogen-bond donors (Lipinski definition) is 0. The molecule has 1 aliphatic rings. The second kappa shape index (κ2) is 13.0. The summed E-state index contributed by atoms with van der Waals surface area (Å²) in [4.78, 5) is 0. The van der Waals surface area contributed by atoms with Crippen LogP contribution in [-0.2, 0) is 11.3 Å². The second-order valence-electron chi connectivity index (χ2n) is 9.53. The molecule has 3 aromatic carbocycles. The normalized spacial score (nSPS) is 17.5. The van der Waals surface area contributed by atoms with E-state index in [2.05, 4.69) is 6.92 Å². The molecule has 0 atom stereocenters. The lowest BCUT2D eigenvalue weighted by atomic mass is 9.82. The van der Waals surface area contributed by atoms with Crippen molar-refractivity contribution in [2.45, 2.75) is 71.0 Å². The monoisotopic (exact) mass is 512 g/mol. The molecule has 0 heterocycles. The molecule has 0 radical (unpaired) electrons. The summed E-state index contributed by atoms with van der Waals surface area (Å²) in [6, 6.07) is 15.3. The average Bonchev–Trinajstić information content (AvgIpc) is 2.91. The third kappa shape index (κ3) is 6.86. The van der Waals surface area contributed by atoms with E-state index in [0.717, 1.165) is 38.5 Å². The summed E-state index contributed by atoms with van der Waals surface area (Å²) in [5, 5.41) is 0. The van der Waals surface area contributed by atoms with E-state index < -0.39 is 11.6 Å². The summed E-state index contributed by atoms with van der Waals surface area (Å²) in [6.07, 6.45) is 4.99. The summed E-state index contributed by atoms with van der Waals surface area (Å²) >= 11 is 0. The summed E-state index contributed by atoms with van der Waals surface area (Å²) in [5.74, 6) is -0.641. The molecule has 3 nitrogen and oxygen atoms in total. The van der Waals surface area contributed by atoms with Gasteiger partial charge in [0.05, 0.1) is 25.9 Å². The average molecular weight is 513 g/mol. The van der Waals surface area contributed by atoms with Gasteiger partial charge in [0.1, 0.15) is 17.3 Å². The molecule has 1 aliphatic carbocycles. The number of ether oxygens (including phenoxy) is 3. The minimum atomic E-state index is -0.883. The third-order valence-corrected chi connectivity index (χ3v) is 6.97. The minimum Gasteiger partial charge on any atom is -0.494 e. The maximum absolute atomic E-state index is 14.9. The number of halogens is 3. The van der Waals surface area contributed by atoms with Crippen LogP contribution in [0.5, 0.6) is 11.5 Å². The molecule has 3 aromatic rings. The van der Waals surface area contributed by atoms with Crippen molar-refractivity contribution in [3.05, 3.63) is 83.2 Å². The van der Waals surface area contributed by atoms with Gasteiger partial charge in [0.2, 0.25) is 0 Å². The van der Waals surface area contributed by atoms with Crippen molar-refractivity contribution < 1.29 is 27.4 Å². The highest BCUT2D eigenvalue weighted by Crippen LogP contribution is 2.37. The van der Waals surface area contributed by atoms with Crippen LogP contribution in [0.2, 0.25) is 0 Å². The Morgan fingerprint density at radius 2 is 1.51 bits per heavy atom. The molecule has 1 fully saturated rings. The first-order valence-corrected chi connectivity index (χ1v) is 13.2. The highest BCUT2D eigenvalue weighted by molar-refractivity contribution is 5.65. The molecule has 37 heavy (non-hydrogen) atoms. The molecule has 0 bridgehead atoms. The predicted octanol–water partition coefficient (Wildman–Crippen LogP) is 8.59. The zero-order valence-corrected chi connectivity index (χ0v) is 21.6. The lowest BCUT2D eigenvalue weighted by molar-refractivity contribution is 0.0117. The van der Waals surface area contributed by atoms with Gasteiger partial charge in [-0.2, -0.15) is 0 Å². The van der Waals surface area contributed by atoms with Crippen LogP contribution in [0, 0.1) is 17.5 Å². The van der Waals surface area contributed by atoms with Crippen LogP contribution < -0.4 is 9.47 Å². The SMILES string of the molecule is CCCCOc1ccc(-c2ccc(COC3CCC(c4ccc(OCC)cc4F)CC3)c(F)c2F)cc1. The first kappa shape index (κ1) is 27.1. The number of benzene rings is 3. The first-order chi connectivity index (χ1) is 18.0. The van der Waals surface area contributed by atoms with E-state index >= 15 is 0 Å². The molecule has 0 unspecified atom stereocenters. The van der Waals surface area contributed by atoms with E-state index in [1.165, 1.54) is 6.07 Å². The van der Waals surface area contributed by atoms with Gasteiger partial charge in [0, 0.05) is 17.2 Å². The van der Waals surface area contributed by atoms with Crippen molar-refractivity contribution in [3.63, 3.8) is 0 Å². The van der Waals surface area contributed by atoms with Gasteiger partial charge in [0.15, 0.2) is 11.6 Å². The molecule has 4 rings (SSSR count). The standard InChI is InChI=1S/C31H35F3O3/c1-3-5-18-36-24-11-8-22(9-12-24)28-16-10-23(30(33)31(28)34)20-37-25-13-6-21(7-14-25)27-17-15-26(35-4-2)19-29(27)32/h8-12,15-17,19,21,25H,3-7,13-14,18,20H2,1-2H3. The van der Waals surface area contributed by atoms with Crippen LogP contribution in [0.1, 0.15) is 69.4 Å². The molecule has 0 aliphatic heterocycles. The molecular weight excluding hydrogens is 477 g/mol. The Hall–Kier alpha value is -2.99. The Bertz CT molecular complexity index is 1160. The van der Waals surface area contributed by atoms with Crippen LogP contribution in [-0.4, -0.2) is 19.3 Å². The van der Waals surface area contributed by atoms with Crippen molar-refractivity contribution in [2.75, 3.05) is 13.2 Å². The Morgan fingerprint density at radius 3 is 2.19 bits per heavy atom. The topological polar surface area (TPSA) is 27.7 Å². The molecule has 0 saturated heterocycles. The fraction of sp³-hybridized carbons (Fsp3) is 0.419. The molecule has 1 saturated carbocycles. The number of hydrogen-bond acceptors (Lipinski definition) is 3. The zero-order valence-electron chi connectivity index (χ0n) is 21.6. The van der Waals surface area contributed by atoms with Gasteiger partial charge in [-0.05, 0) is 74.3 Å². The number of unbranched alkanes of at least 4 members (excludes halogenated alkanes) is 1. The van der Waals surface area contributed by atoms with Gasteiger partial charge in [0.25, 0.3) is 0 Å². The van der Waals surface area contributed by atoms with E-state index in [9.17, 15) is 13.2 Å². The van der Waals surface area contributed by atoms with E-state index in [-0.39, 0.29) is 35.6 Å². The minimum absolute atomic E-state index is 0.0000121. The highest BCUT2D eigenvalue weighted by atomic mass is 19.2. The van der Waals surface area contributed by atoms with Crippen molar-refractivity contribution in [3.8, 4) is 22.6 Å². The summed E-state index contributed by atoms with van der Waals surface area (Å²) < 4.78 is 61.3. The van der Waals surface area contributed by atoms with Gasteiger partial charge in [-0.25, -0.2) is 13.2 Å². The zero-order chi connectivity index (χ0) is 26.2. The van der Waals surface area contributed by atoms with Crippen molar-refractivity contribution >= 4 is 0 Å². The summed E-state index contributed by atoms with van der Waals surface area (Å²) in [7, 11) is 0. The van der Waals surface area contributed by atoms with Crippen LogP contribution in [0.25, 0.3) is 11.1 Å². The van der Waals surface area contributed by atoms with Crippen molar-refractivity contribution in [2.24, 2.45) is 0 Å². The van der Waals surface area contributed by atoms with E-state index in [4.69, 9.17) is 14.2 Å². The highest BCUT2D eigenvalue weighted by Gasteiger charge is 2.25.